The third kappa shape index (κ3) is 3.23. The molecule has 1 aromatic rings. The van der Waals surface area contributed by atoms with Crippen molar-refractivity contribution in [1.29, 1.82) is 0 Å². The van der Waals surface area contributed by atoms with E-state index in [0.29, 0.717) is 23.8 Å². The van der Waals surface area contributed by atoms with Crippen molar-refractivity contribution in [2.24, 2.45) is 5.92 Å². The SMILES string of the molecule is Cc1cc(C(=O)OCC2CCOCC2)ccc1N. The van der Waals surface area contributed by atoms with Crippen molar-refractivity contribution in [3.8, 4) is 0 Å². The Morgan fingerprint density at radius 1 is 1.44 bits per heavy atom. The molecule has 1 aromatic carbocycles. The Labute approximate surface area is 107 Å². The Bertz CT molecular complexity index is 425. The van der Waals surface area contributed by atoms with Crippen LogP contribution in [-0.2, 0) is 9.47 Å². The fourth-order valence-electron chi connectivity index (χ4n) is 1.99. The molecule has 0 unspecified atom stereocenters. The summed E-state index contributed by atoms with van der Waals surface area (Å²) >= 11 is 0. The molecule has 4 heteroatoms. The quantitative estimate of drug-likeness (QED) is 0.658. The second kappa shape index (κ2) is 5.87. The molecule has 1 saturated heterocycles. The van der Waals surface area contributed by atoms with Gasteiger partial charge in [0.25, 0.3) is 0 Å². The van der Waals surface area contributed by atoms with Gasteiger partial charge in [0.15, 0.2) is 0 Å². The highest BCUT2D eigenvalue weighted by Crippen LogP contribution is 2.17. The highest BCUT2D eigenvalue weighted by molar-refractivity contribution is 5.90. The van der Waals surface area contributed by atoms with Crippen LogP contribution in [0.3, 0.4) is 0 Å². The van der Waals surface area contributed by atoms with Crippen LogP contribution < -0.4 is 5.73 Å². The molecule has 2 rings (SSSR count). The Morgan fingerprint density at radius 2 is 2.17 bits per heavy atom. The first-order valence-corrected chi connectivity index (χ1v) is 6.28. The number of aryl methyl sites for hydroxylation is 1. The summed E-state index contributed by atoms with van der Waals surface area (Å²) in [5, 5.41) is 0. The van der Waals surface area contributed by atoms with Crippen LogP contribution in [0.25, 0.3) is 0 Å². The summed E-state index contributed by atoms with van der Waals surface area (Å²) in [4.78, 5) is 11.9. The summed E-state index contributed by atoms with van der Waals surface area (Å²) in [5.74, 6) is 0.155. The van der Waals surface area contributed by atoms with Gasteiger partial charge in [-0.3, -0.25) is 0 Å². The Hall–Kier alpha value is -1.55. The average molecular weight is 249 g/mol. The van der Waals surface area contributed by atoms with Gasteiger partial charge >= 0.3 is 5.97 Å². The highest BCUT2D eigenvalue weighted by atomic mass is 16.5. The van der Waals surface area contributed by atoms with E-state index in [9.17, 15) is 4.79 Å². The molecule has 4 nitrogen and oxygen atoms in total. The lowest BCUT2D eigenvalue weighted by Gasteiger charge is -2.21. The fourth-order valence-corrected chi connectivity index (χ4v) is 1.99. The molecular formula is C14H19NO3. The Kier molecular flexibility index (Phi) is 4.20. The molecule has 98 valence electrons. The first-order valence-electron chi connectivity index (χ1n) is 6.28. The molecule has 0 amide bonds. The van der Waals surface area contributed by atoms with Gasteiger partial charge in [-0.15, -0.1) is 0 Å². The lowest BCUT2D eigenvalue weighted by Crippen LogP contribution is -2.22. The summed E-state index contributed by atoms with van der Waals surface area (Å²) in [6.45, 7) is 3.89. The summed E-state index contributed by atoms with van der Waals surface area (Å²) in [7, 11) is 0. The molecule has 1 fully saturated rings. The molecular weight excluding hydrogens is 230 g/mol. The minimum atomic E-state index is -0.274. The number of carbonyl (C=O) groups is 1. The number of nitrogens with two attached hydrogens (primary N) is 1. The average Bonchev–Trinajstić information content (AvgIpc) is 2.40. The van der Waals surface area contributed by atoms with E-state index in [-0.39, 0.29) is 5.97 Å². The molecule has 0 aromatic heterocycles. The maximum absolute atomic E-state index is 11.9. The molecule has 1 aliphatic rings. The maximum atomic E-state index is 11.9. The van der Waals surface area contributed by atoms with Crippen molar-refractivity contribution < 1.29 is 14.3 Å². The first kappa shape index (κ1) is 12.9. The zero-order valence-electron chi connectivity index (χ0n) is 10.6. The second-order valence-electron chi connectivity index (χ2n) is 4.73. The van der Waals surface area contributed by atoms with Crippen LogP contribution in [0.2, 0.25) is 0 Å². The van der Waals surface area contributed by atoms with Crippen LogP contribution in [0.15, 0.2) is 18.2 Å². The fraction of sp³-hybridized carbons (Fsp3) is 0.500. The highest BCUT2D eigenvalue weighted by Gasteiger charge is 2.16. The van der Waals surface area contributed by atoms with Crippen LogP contribution in [0.1, 0.15) is 28.8 Å². The summed E-state index contributed by atoms with van der Waals surface area (Å²) in [6, 6.07) is 5.21. The van der Waals surface area contributed by atoms with E-state index >= 15 is 0 Å². The van der Waals surface area contributed by atoms with Gasteiger partial charge in [0, 0.05) is 18.9 Å². The van der Waals surface area contributed by atoms with E-state index in [1.165, 1.54) is 0 Å². The van der Waals surface area contributed by atoms with Gasteiger partial charge in [0.05, 0.1) is 12.2 Å². The number of hydrogen-bond acceptors (Lipinski definition) is 4. The van der Waals surface area contributed by atoms with Crippen molar-refractivity contribution in [2.45, 2.75) is 19.8 Å². The molecule has 0 radical (unpaired) electrons. The smallest absolute Gasteiger partial charge is 0.338 e. The van der Waals surface area contributed by atoms with Crippen LogP contribution in [-0.4, -0.2) is 25.8 Å². The minimum absolute atomic E-state index is 0.274. The van der Waals surface area contributed by atoms with Crippen molar-refractivity contribution in [3.63, 3.8) is 0 Å². The molecule has 0 atom stereocenters. The first-order chi connectivity index (χ1) is 8.66. The molecule has 1 aliphatic heterocycles. The van der Waals surface area contributed by atoms with E-state index in [4.69, 9.17) is 15.2 Å². The zero-order chi connectivity index (χ0) is 13.0. The number of rotatable bonds is 3. The van der Waals surface area contributed by atoms with Crippen molar-refractivity contribution in [2.75, 3.05) is 25.6 Å². The van der Waals surface area contributed by atoms with Crippen LogP contribution >= 0.6 is 0 Å². The molecule has 1 heterocycles. The number of benzene rings is 1. The van der Waals surface area contributed by atoms with Crippen molar-refractivity contribution in [3.05, 3.63) is 29.3 Å². The normalized spacial score (nSPS) is 16.5. The number of esters is 1. The number of carbonyl (C=O) groups excluding carboxylic acids is 1. The zero-order valence-corrected chi connectivity index (χ0v) is 10.6. The van der Waals surface area contributed by atoms with Gasteiger partial charge in [0.1, 0.15) is 0 Å². The number of anilines is 1. The monoisotopic (exact) mass is 249 g/mol. The molecule has 0 saturated carbocycles. The van der Waals surface area contributed by atoms with Gasteiger partial charge in [0.2, 0.25) is 0 Å². The van der Waals surface area contributed by atoms with E-state index in [1.54, 1.807) is 18.2 Å². The summed E-state index contributed by atoms with van der Waals surface area (Å²) in [6.07, 6.45) is 1.93. The third-order valence-corrected chi connectivity index (χ3v) is 3.30. The molecule has 18 heavy (non-hydrogen) atoms. The van der Waals surface area contributed by atoms with Gasteiger partial charge < -0.3 is 15.2 Å². The van der Waals surface area contributed by atoms with E-state index in [2.05, 4.69) is 0 Å². The maximum Gasteiger partial charge on any atom is 0.338 e. The van der Waals surface area contributed by atoms with Gasteiger partial charge in [-0.1, -0.05) is 0 Å². The largest absolute Gasteiger partial charge is 0.462 e. The number of ether oxygens (including phenoxy) is 2. The Morgan fingerprint density at radius 3 is 2.83 bits per heavy atom. The van der Waals surface area contributed by atoms with Crippen LogP contribution in [0.5, 0.6) is 0 Å². The second-order valence-corrected chi connectivity index (χ2v) is 4.73. The number of hydrogen-bond donors (Lipinski definition) is 1. The third-order valence-electron chi connectivity index (χ3n) is 3.30. The molecule has 2 N–H and O–H groups in total. The van der Waals surface area contributed by atoms with Crippen molar-refractivity contribution >= 4 is 11.7 Å². The molecule has 0 bridgehead atoms. The van der Waals surface area contributed by atoms with Gasteiger partial charge in [-0.2, -0.15) is 0 Å². The van der Waals surface area contributed by atoms with Crippen LogP contribution in [0, 0.1) is 12.8 Å². The lowest BCUT2D eigenvalue weighted by atomic mass is 10.0. The minimum Gasteiger partial charge on any atom is -0.462 e. The predicted molar refractivity (Wildman–Crippen MR) is 69.4 cm³/mol. The molecule has 0 spiro atoms. The van der Waals surface area contributed by atoms with Crippen molar-refractivity contribution in [1.82, 2.24) is 0 Å². The molecule has 0 aliphatic carbocycles. The van der Waals surface area contributed by atoms with Crippen LogP contribution in [0.4, 0.5) is 5.69 Å². The van der Waals surface area contributed by atoms with Gasteiger partial charge in [-0.25, -0.2) is 4.79 Å². The predicted octanol–water partition coefficient (Wildman–Crippen LogP) is 2.16. The lowest BCUT2D eigenvalue weighted by molar-refractivity contribution is 0.0185. The van der Waals surface area contributed by atoms with E-state index < -0.39 is 0 Å². The summed E-state index contributed by atoms with van der Waals surface area (Å²) < 4.78 is 10.6. The van der Waals surface area contributed by atoms with E-state index in [0.717, 1.165) is 31.6 Å². The Balaban J connectivity index is 1.88. The number of nitrogen functional groups attached to an aromatic ring is 1. The van der Waals surface area contributed by atoms with E-state index in [1.807, 2.05) is 6.92 Å². The van der Waals surface area contributed by atoms with Gasteiger partial charge in [-0.05, 0) is 49.4 Å². The standard InChI is InChI=1S/C14H19NO3/c1-10-8-12(2-3-13(10)15)14(16)18-9-11-4-6-17-7-5-11/h2-3,8,11H,4-7,9,15H2,1H3. The topological polar surface area (TPSA) is 61.5 Å². The summed E-state index contributed by atoms with van der Waals surface area (Å²) in [5.41, 5.74) is 7.87.